The van der Waals surface area contributed by atoms with Crippen molar-refractivity contribution in [1.82, 2.24) is 10.3 Å². The number of carbonyl (C=O) groups excluding carboxylic acids is 1. The summed E-state index contributed by atoms with van der Waals surface area (Å²) in [6.45, 7) is 2.24. The fraction of sp³-hybridized carbons (Fsp3) is 0.200. The van der Waals surface area contributed by atoms with E-state index in [1.807, 2.05) is 6.92 Å². The molecule has 0 saturated heterocycles. The zero-order valence-electron chi connectivity index (χ0n) is 11.0. The van der Waals surface area contributed by atoms with Crippen LogP contribution in [0.1, 0.15) is 21.5 Å². The number of benzene rings is 1. The molecule has 0 fully saturated rings. The Bertz CT molecular complexity index is 612. The van der Waals surface area contributed by atoms with E-state index in [4.69, 9.17) is 0 Å². The summed E-state index contributed by atoms with van der Waals surface area (Å²) in [5.74, 6) is -1.20. The van der Waals surface area contributed by atoms with E-state index in [9.17, 15) is 13.6 Å². The van der Waals surface area contributed by atoms with Crippen LogP contribution >= 0.6 is 0 Å². The normalized spacial score (nSPS) is 10.3. The molecule has 0 aliphatic rings. The third kappa shape index (κ3) is 3.60. The topological polar surface area (TPSA) is 42.0 Å². The number of carbonyl (C=O) groups is 1. The predicted molar refractivity (Wildman–Crippen MR) is 71.4 cm³/mol. The Kier molecular flexibility index (Phi) is 4.40. The summed E-state index contributed by atoms with van der Waals surface area (Å²) in [6.07, 6.45) is 1.79. The molecule has 1 heterocycles. The van der Waals surface area contributed by atoms with E-state index in [0.29, 0.717) is 18.5 Å². The Labute approximate surface area is 115 Å². The summed E-state index contributed by atoms with van der Waals surface area (Å²) in [5, 5.41) is 2.71. The molecular weight excluding hydrogens is 262 g/mol. The number of nitrogens with one attached hydrogen (secondary N) is 1. The highest BCUT2D eigenvalue weighted by Gasteiger charge is 2.06. The molecule has 104 valence electrons. The number of halogens is 2. The van der Waals surface area contributed by atoms with Gasteiger partial charge in [0.2, 0.25) is 5.95 Å². The van der Waals surface area contributed by atoms with E-state index in [2.05, 4.69) is 10.3 Å². The number of pyridine rings is 1. The number of rotatable bonds is 4. The minimum Gasteiger partial charge on any atom is -0.352 e. The van der Waals surface area contributed by atoms with Crippen molar-refractivity contribution in [1.29, 1.82) is 0 Å². The fourth-order valence-electron chi connectivity index (χ4n) is 1.86. The van der Waals surface area contributed by atoms with Crippen molar-refractivity contribution in [3.05, 3.63) is 65.0 Å². The third-order valence-electron chi connectivity index (χ3n) is 2.97. The smallest absolute Gasteiger partial charge is 0.252 e. The third-order valence-corrected chi connectivity index (χ3v) is 2.97. The van der Waals surface area contributed by atoms with Gasteiger partial charge in [-0.15, -0.1) is 0 Å². The quantitative estimate of drug-likeness (QED) is 0.872. The molecule has 0 spiro atoms. The summed E-state index contributed by atoms with van der Waals surface area (Å²) in [5.41, 5.74) is 2.13. The van der Waals surface area contributed by atoms with Gasteiger partial charge in [0.15, 0.2) is 0 Å². The number of aromatic nitrogens is 1. The molecular formula is C15H14F2N2O. The van der Waals surface area contributed by atoms with Crippen molar-refractivity contribution in [3.63, 3.8) is 0 Å². The van der Waals surface area contributed by atoms with E-state index < -0.39 is 5.95 Å². The Morgan fingerprint density at radius 2 is 2.05 bits per heavy atom. The zero-order chi connectivity index (χ0) is 14.5. The average Bonchev–Trinajstić information content (AvgIpc) is 2.42. The van der Waals surface area contributed by atoms with Crippen LogP contribution in [0.5, 0.6) is 0 Å². The number of amides is 1. The molecule has 20 heavy (non-hydrogen) atoms. The van der Waals surface area contributed by atoms with Crippen molar-refractivity contribution in [2.45, 2.75) is 13.3 Å². The van der Waals surface area contributed by atoms with Crippen LogP contribution in [0.3, 0.4) is 0 Å². The number of nitrogens with zero attached hydrogens (tertiary/aromatic N) is 1. The molecule has 5 heteroatoms. The molecule has 3 nitrogen and oxygen atoms in total. The van der Waals surface area contributed by atoms with Gasteiger partial charge in [0.25, 0.3) is 5.91 Å². The summed E-state index contributed by atoms with van der Waals surface area (Å²) in [6, 6.07) is 7.07. The molecule has 1 N–H and O–H groups in total. The molecule has 1 aromatic carbocycles. The highest BCUT2D eigenvalue weighted by atomic mass is 19.1. The lowest BCUT2D eigenvalue weighted by Gasteiger charge is -2.07. The summed E-state index contributed by atoms with van der Waals surface area (Å²) in [4.78, 5) is 15.2. The first-order valence-electron chi connectivity index (χ1n) is 6.21. The standard InChI is InChI=1S/C15H14F2N2O/c1-10-8-13(16)4-2-11(10)6-7-18-15(20)12-3-5-14(17)19-9-12/h2-5,8-9H,6-7H2,1H3,(H,18,20). The Hall–Kier alpha value is -2.30. The van der Waals surface area contributed by atoms with E-state index in [0.717, 1.165) is 17.2 Å². The van der Waals surface area contributed by atoms with Gasteiger partial charge in [-0.05, 0) is 48.7 Å². The maximum atomic E-state index is 12.9. The second-order valence-corrected chi connectivity index (χ2v) is 4.45. The van der Waals surface area contributed by atoms with Crippen LogP contribution in [0.25, 0.3) is 0 Å². The van der Waals surface area contributed by atoms with Crippen molar-refractivity contribution >= 4 is 5.91 Å². The minimum absolute atomic E-state index is 0.271. The summed E-state index contributed by atoms with van der Waals surface area (Å²) in [7, 11) is 0. The van der Waals surface area contributed by atoms with Gasteiger partial charge < -0.3 is 5.32 Å². The zero-order valence-corrected chi connectivity index (χ0v) is 11.0. The first kappa shape index (κ1) is 14.1. The molecule has 2 rings (SSSR count). The van der Waals surface area contributed by atoms with E-state index in [1.165, 1.54) is 24.4 Å². The highest BCUT2D eigenvalue weighted by Crippen LogP contribution is 2.10. The van der Waals surface area contributed by atoms with Crippen LogP contribution in [-0.4, -0.2) is 17.4 Å². The largest absolute Gasteiger partial charge is 0.352 e. The summed E-state index contributed by atoms with van der Waals surface area (Å²) >= 11 is 0. The maximum Gasteiger partial charge on any atom is 0.252 e. The molecule has 0 unspecified atom stereocenters. The Balaban J connectivity index is 1.89. The molecule has 0 saturated carbocycles. The average molecular weight is 276 g/mol. The first-order chi connectivity index (χ1) is 9.56. The lowest BCUT2D eigenvalue weighted by Crippen LogP contribution is -2.26. The molecule has 0 aliphatic heterocycles. The fourth-order valence-corrected chi connectivity index (χ4v) is 1.86. The number of hydrogen-bond donors (Lipinski definition) is 1. The van der Waals surface area contributed by atoms with Crippen molar-refractivity contribution in [3.8, 4) is 0 Å². The summed E-state index contributed by atoms with van der Waals surface area (Å²) < 4.78 is 25.6. The minimum atomic E-state index is -0.622. The van der Waals surface area contributed by atoms with Gasteiger partial charge >= 0.3 is 0 Å². The van der Waals surface area contributed by atoms with Crippen LogP contribution in [0, 0.1) is 18.7 Å². The van der Waals surface area contributed by atoms with Crippen LogP contribution in [-0.2, 0) is 6.42 Å². The molecule has 1 amide bonds. The Morgan fingerprint density at radius 1 is 1.25 bits per heavy atom. The van der Waals surface area contributed by atoms with E-state index in [1.54, 1.807) is 6.07 Å². The molecule has 0 radical (unpaired) electrons. The highest BCUT2D eigenvalue weighted by molar-refractivity contribution is 5.93. The van der Waals surface area contributed by atoms with Crippen molar-refractivity contribution in [2.75, 3.05) is 6.54 Å². The van der Waals surface area contributed by atoms with Crippen molar-refractivity contribution < 1.29 is 13.6 Å². The maximum absolute atomic E-state index is 12.9. The van der Waals surface area contributed by atoms with Crippen LogP contribution < -0.4 is 5.32 Å². The Morgan fingerprint density at radius 3 is 2.70 bits per heavy atom. The van der Waals surface area contributed by atoms with Gasteiger partial charge in [-0.1, -0.05) is 6.07 Å². The number of aryl methyl sites for hydroxylation is 1. The molecule has 0 bridgehead atoms. The second kappa shape index (κ2) is 6.23. The lowest BCUT2D eigenvalue weighted by molar-refractivity contribution is 0.0953. The van der Waals surface area contributed by atoms with Gasteiger partial charge in [-0.25, -0.2) is 9.37 Å². The molecule has 1 aromatic heterocycles. The van der Waals surface area contributed by atoms with Gasteiger partial charge in [0, 0.05) is 12.7 Å². The molecule has 0 aliphatic carbocycles. The van der Waals surface area contributed by atoms with Crippen molar-refractivity contribution in [2.24, 2.45) is 0 Å². The molecule has 2 aromatic rings. The van der Waals surface area contributed by atoms with Crippen LogP contribution in [0.15, 0.2) is 36.5 Å². The van der Waals surface area contributed by atoms with E-state index in [-0.39, 0.29) is 11.7 Å². The number of hydrogen-bond acceptors (Lipinski definition) is 2. The monoisotopic (exact) mass is 276 g/mol. The van der Waals surface area contributed by atoms with Crippen LogP contribution in [0.4, 0.5) is 8.78 Å². The van der Waals surface area contributed by atoms with Gasteiger partial charge in [-0.3, -0.25) is 4.79 Å². The van der Waals surface area contributed by atoms with Gasteiger partial charge in [0.05, 0.1) is 5.56 Å². The SMILES string of the molecule is Cc1cc(F)ccc1CCNC(=O)c1ccc(F)nc1. The predicted octanol–water partition coefficient (Wildman–Crippen LogP) is 2.64. The van der Waals surface area contributed by atoms with E-state index >= 15 is 0 Å². The van der Waals surface area contributed by atoms with Crippen LogP contribution in [0.2, 0.25) is 0 Å². The lowest BCUT2D eigenvalue weighted by atomic mass is 10.1. The van der Waals surface area contributed by atoms with Gasteiger partial charge in [0.1, 0.15) is 5.82 Å². The molecule has 0 atom stereocenters. The first-order valence-corrected chi connectivity index (χ1v) is 6.21. The van der Waals surface area contributed by atoms with Gasteiger partial charge in [-0.2, -0.15) is 4.39 Å². The second-order valence-electron chi connectivity index (χ2n) is 4.45.